The van der Waals surface area contributed by atoms with E-state index in [-0.39, 0.29) is 59.7 Å². The van der Waals surface area contributed by atoms with E-state index in [1.165, 1.54) is 26.3 Å². The number of Topliss-reactive ketones (excluding diaryl/α,β-unsaturated/α-hetero) is 1. The van der Waals surface area contributed by atoms with Gasteiger partial charge in [0.2, 0.25) is 0 Å². The van der Waals surface area contributed by atoms with Crippen LogP contribution < -0.4 is 0 Å². The van der Waals surface area contributed by atoms with E-state index in [2.05, 4.69) is 71.9 Å². The highest BCUT2D eigenvalue weighted by Crippen LogP contribution is 2.44. The topological polar surface area (TPSA) is 96.0 Å². The summed E-state index contributed by atoms with van der Waals surface area (Å²) in [6.45, 7) is 22.9. The van der Waals surface area contributed by atoms with Crippen molar-refractivity contribution in [1.82, 2.24) is 0 Å². The molecule has 0 radical (unpaired) electrons. The summed E-state index contributed by atoms with van der Waals surface area (Å²) in [6.07, 6.45) is 28.0. The van der Waals surface area contributed by atoms with Gasteiger partial charge in [-0.1, -0.05) is 134 Å². The molecule has 0 N–H and O–H groups in total. The zero-order valence-electron chi connectivity index (χ0n) is 34.1. The molecule has 0 aromatic heterocycles. The molecule has 0 fully saturated rings. The first-order valence-electron chi connectivity index (χ1n) is 18.5. The van der Waals surface area contributed by atoms with Crippen molar-refractivity contribution in [3.05, 3.63) is 118 Å². The fourth-order valence-electron chi connectivity index (χ4n) is 7.11. The quantitative estimate of drug-likeness (QED) is 0.0545. The predicted octanol–water partition coefficient (Wildman–Crippen LogP) is 10.5. The molecular formula is C46H62O7. The molecule has 288 valence electrons. The van der Waals surface area contributed by atoms with Crippen LogP contribution in [-0.2, 0) is 33.4 Å². The minimum Gasteiger partial charge on any atom is -0.462 e. The molecule has 7 heteroatoms. The van der Waals surface area contributed by atoms with Gasteiger partial charge < -0.3 is 14.2 Å². The van der Waals surface area contributed by atoms with Gasteiger partial charge in [0.05, 0.1) is 0 Å². The van der Waals surface area contributed by atoms with Gasteiger partial charge in [-0.15, -0.1) is 0 Å². The number of ketones is 1. The Morgan fingerprint density at radius 3 is 1.79 bits per heavy atom. The van der Waals surface area contributed by atoms with Crippen LogP contribution in [0.2, 0.25) is 0 Å². The maximum atomic E-state index is 13.5. The Kier molecular flexibility index (Phi) is 17.4. The van der Waals surface area contributed by atoms with Crippen LogP contribution >= 0.6 is 0 Å². The first-order chi connectivity index (χ1) is 24.7. The highest BCUT2D eigenvalue weighted by molar-refractivity contribution is 5.98. The monoisotopic (exact) mass is 726 g/mol. The smallest absolute Gasteiger partial charge is 0.303 e. The van der Waals surface area contributed by atoms with Gasteiger partial charge in [-0.05, 0) is 64.4 Å². The van der Waals surface area contributed by atoms with Crippen LogP contribution in [0.1, 0.15) is 109 Å². The number of allylic oxidation sites excluding steroid dienone is 17. The lowest BCUT2D eigenvalue weighted by molar-refractivity contribution is -0.148. The number of hydrogen-bond donors (Lipinski definition) is 0. The van der Waals surface area contributed by atoms with Gasteiger partial charge >= 0.3 is 17.9 Å². The van der Waals surface area contributed by atoms with Crippen LogP contribution in [0.5, 0.6) is 0 Å². The van der Waals surface area contributed by atoms with E-state index in [1.54, 1.807) is 12.2 Å². The molecule has 3 unspecified atom stereocenters. The summed E-state index contributed by atoms with van der Waals surface area (Å²) in [4.78, 5) is 48.0. The summed E-state index contributed by atoms with van der Waals surface area (Å²) in [5, 5.41) is 0. The highest BCUT2D eigenvalue weighted by atomic mass is 16.5. The van der Waals surface area contributed by atoms with Crippen molar-refractivity contribution in [2.75, 3.05) is 6.61 Å². The summed E-state index contributed by atoms with van der Waals surface area (Å²) >= 11 is 0. The van der Waals surface area contributed by atoms with Gasteiger partial charge in [0.15, 0.2) is 5.78 Å². The van der Waals surface area contributed by atoms with Crippen LogP contribution in [0.15, 0.2) is 118 Å². The van der Waals surface area contributed by atoms with Crippen LogP contribution in [0, 0.1) is 16.7 Å². The average molecular weight is 727 g/mol. The Labute approximate surface area is 318 Å². The first kappa shape index (κ1) is 44.6. The molecule has 2 aliphatic rings. The lowest BCUT2D eigenvalue weighted by Gasteiger charge is -2.39. The summed E-state index contributed by atoms with van der Waals surface area (Å²) in [5.41, 5.74) is 6.63. The molecule has 0 spiro atoms. The zero-order chi connectivity index (χ0) is 39.9. The predicted molar refractivity (Wildman–Crippen MR) is 215 cm³/mol. The molecule has 2 aliphatic carbocycles. The van der Waals surface area contributed by atoms with Gasteiger partial charge in [-0.25, -0.2) is 0 Å². The number of rotatable bonds is 15. The van der Waals surface area contributed by atoms with E-state index < -0.39 is 5.97 Å². The molecule has 0 aromatic rings. The van der Waals surface area contributed by atoms with Crippen LogP contribution in [-0.4, -0.2) is 42.5 Å². The van der Waals surface area contributed by atoms with Crippen LogP contribution in [0.25, 0.3) is 0 Å². The van der Waals surface area contributed by atoms with Crippen molar-refractivity contribution >= 4 is 23.7 Å². The van der Waals surface area contributed by atoms with Gasteiger partial charge in [-0.2, -0.15) is 0 Å². The average Bonchev–Trinajstić information content (AvgIpc) is 3.00. The number of ether oxygens (including phenoxy) is 3. The molecule has 0 saturated carbocycles. The van der Waals surface area contributed by atoms with Crippen molar-refractivity contribution < 1.29 is 33.4 Å². The van der Waals surface area contributed by atoms with Crippen molar-refractivity contribution in [3.63, 3.8) is 0 Å². The molecule has 0 saturated heterocycles. The van der Waals surface area contributed by atoms with Crippen molar-refractivity contribution in [1.29, 1.82) is 0 Å². The molecule has 2 rings (SSSR count). The van der Waals surface area contributed by atoms with Crippen molar-refractivity contribution in [2.24, 2.45) is 16.7 Å². The molecular weight excluding hydrogens is 664 g/mol. The fraction of sp³-hybridized carbons (Fsp3) is 0.478. The number of carbonyl (C=O) groups is 4. The Hall–Kier alpha value is -4.52. The lowest BCUT2D eigenvalue weighted by Crippen LogP contribution is -2.34. The first-order valence-corrected chi connectivity index (χ1v) is 18.5. The molecule has 0 aromatic carbocycles. The minimum atomic E-state index is -0.447. The molecule has 0 heterocycles. The molecule has 7 nitrogen and oxygen atoms in total. The Morgan fingerprint density at radius 2 is 1.26 bits per heavy atom. The molecule has 53 heavy (non-hydrogen) atoms. The maximum absolute atomic E-state index is 13.5. The molecule has 0 aliphatic heterocycles. The highest BCUT2D eigenvalue weighted by Gasteiger charge is 2.37. The zero-order valence-corrected chi connectivity index (χ0v) is 34.1. The summed E-state index contributed by atoms with van der Waals surface area (Å²) in [7, 11) is 0. The standard InChI is InChI=1S/C46H62O7/c1-31(19-15-20-33(3)23-24-42-34(4)25-40(52-37(7)48)28-45(42,9)10)17-13-14-18-32(2)21-16-22-39(30-51-36(6)47)44(50)27-43-35(5)26-41(53-38(8)49)29-46(43,11)12/h13-25,40-42H,26-30H2,1-12H3/b14-13+,19-15+,21-16+,24-23+,31-17+,32-18+,33-20+,39-22+. The second-order valence-electron chi connectivity index (χ2n) is 15.8. The van der Waals surface area contributed by atoms with E-state index in [0.29, 0.717) is 18.4 Å². The molecule has 0 amide bonds. The van der Waals surface area contributed by atoms with E-state index >= 15 is 0 Å². The summed E-state index contributed by atoms with van der Waals surface area (Å²) < 4.78 is 16.2. The number of esters is 3. The van der Waals surface area contributed by atoms with Gasteiger partial charge in [0, 0.05) is 45.1 Å². The SMILES string of the molecule is CC(=O)OC\C(=C/C=C/C(C)=C/C=C/C=C(C)/C=C/C=C(C)/C=C/C1C(C)=CC(OC(C)=O)CC1(C)C)C(=O)CC1=C(C)CC(OC(C)=O)CC1(C)C. The lowest BCUT2D eigenvalue weighted by atomic mass is 9.67. The normalized spacial score (nSPS) is 22.9. The van der Waals surface area contributed by atoms with Crippen molar-refractivity contribution in [3.8, 4) is 0 Å². The third-order valence-corrected chi connectivity index (χ3v) is 9.64. The Bertz CT molecular complexity index is 1680. The van der Waals surface area contributed by atoms with Gasteiger partial charge in [0.25, 0.3) is 0 Å². The van der Waals surface area contributed by atoms with Crippen LogP contribution in [0.4, 0.5) is 0 Å². The number of hydrogen-bond acceptors (Lipinski definition) is 7. The third-order valence-electron chi connectivity index (χ3n) is 9.64. The fourth-order valence-corrected chi connectivity index (χ4v) is 7.11. The van der Waals surface area contributed by atoms with E-state index in [1.807, 2.05) is 57.2 Å². The van der Waals surface area contributed by atoms with E-state index in [4.69, 9.17) is 14.2 Å². The third kappa shape index (κ3) is 15.9. The Balaban J connectivity index is 2.04. The van der Waals surface area contributed by atoms with Crippen molar-refractivity contribution in [2.45, 2.75) is 121 Å². The minimum absolute atomic E-state index is 0.0198. The van der Waals surface area contributed by atoms with E-state index in [9.17, 15) is 19.2 Å². The Morgan fingerprint density at radius 1 is 0.717 bits per heavy atom. The summed E-state index contributed by atoms with van der Waals surface area (Å²) in [5.74, 6) is -0.823. The second-order valence-corrected chi connectivity index (χ2v) is 15.8. The molecule has 0 bridgehead atoms. The summed E-state index contributed by atoms with van der Waals surface area (Å²) in [6, 6.07) is 0. The largest absolute Gasteiger partial charge is 0.462 e. The maximum Gasteiger partial charge on any atom is 0.303 e. The van der Waals surface area contributed by atoms with Crippen LogP contribution in [0.3, 0.4) is 0 Å². The number of carbonyl (C=O) groups excluding carboxylic acids is 4. The second kappa shape index (κ2) is 20.6. The molecule has 3 atom stereocenters. The van der Waals surface area contributed by atoms with E-state index in [0.717, 1.165) is 34.3 Å². The van der Waals surface area contributed by atoms with Gasteiger partial charge in [0.1, 0.15) is 18.8 Å². The van der Waals surface area contributed by atoms with Gasteiger partial charge in [-0.3, -0.25) is 19.2 Å².